The van der Waals surface area contributed by atoms with Gasteiger partial charge in [0.15, 0.2) is 0 Å². The minimum absolute atomic E-state index is 0.159. The Morgan fingerprint density at radius 3 is 2.70 bits per heavy atom. The number of hydrogen-bond donors (Lipinski definition) is 2. The van der Waals surface area contributed by atoms with Gasteiger partial charge in [-0.25, -0.2) is 9.97 Å². The summed E-state index contributed by atoms with van der Waals surface area (Å²) in [5, 5.41) is 7.82. The van der Waals surface area contributed by atoms with Crippen molar-refractivity contribution in [3.05, 3.63) is 71.1 Å². The minimum Gasteiger partial charge on any atom is -0.457 e. The van der Waals surface area contributed by atoms with Crippen LogP contribution >= 0.6 is 11.6 Å². The number of rotatable bonds is 6. The number of benzene rings is 2. The Balaban J connectivity index is 1.32. The van der Waals surface area contributed by atoms with Crippen LogP contribution in [0.4, 0.5) is 11.5 Å². The number of aromatic nitrogens is 2. The molecule has 172 valence electrons. The molecule has 3 heterocycles. The number of fused-ring (bicyclic) bond motifs is 1. The molecule has 1 atom stereocenters. The molecule has 7 heteroatoms. The van der Waals surface area contributed by atoms with E-state index in [4.69, 9.17) is 21.3 Å². The third-order valence-electron chi connectivity index (χ3n) is 6.42. The Morgan fingerprint density at radius 1 is 1.09 bits per heavy atom. The largest absolute Gasteiger partial charge is 0.457 e. The standard InChI is InChI=1S/C26H30ClN5O/c1-18-29-16-24-25(10-13-32(26(24)30-18)17-19-8-11-28-12-9-19)31-21-5-3-7-23(15-21)33-22-6-2-4-20(27)14-22/h2-7,14-16,19,25,28,31H,8-13,17H2,1H3. The maximum Gasteiger partial charge on any atom is 0.137 e. The summed E-state index contributed by atoms with van der Waals surface area (Å²) in [4.78, 5) is 11.8. The average molecular weight is 464 g/mol. The van der Waals surface area contributed by atoms with Crippen molar-refractivity contribution < 1.29 is 4.74 Å². The van der Waals surface area contributed by atoms with E-state index in [9.17, 15) is 0 Å². The fourth-order valence-electron chi connectivity index (χ4n) is 4.73. The van der Waals surface area contributed by atoms with Gasteiger partial charge in [-0.1, -0.05) is 23.7 Å². The molecule has 1 fully saturated rings. The predicted octanol–water partition coefficient (Wildman–Crippen LogP) is 5.59. The van der Waals surface area contributed by atoms with Crippen LogP contribution in [0, 0.1) is 12.8 Å². The first-order valence-electron chi connectivity index (χ1n) is 11.7. The number of ether oxygens (including phenoxy) is 1. The number of anilines is 2. The highest BCUT2D eigenvalue weighted by Gasteiger charge is 2.29. The van der Waals surface area contributed by atoms with Gasteiger partial charge in [0.25, 0.3) is 0 Å². The van der Waals surface area contributed by atoms with Crippen LogP contribution in [-0.2, 0) is 0 Å². The van der Waals surface area contributed by atoms with Crippen LogP contribution in [0.25, 0.3) is 0 Å². The summed E-state index contributed by atoms with van der Waals surface area (Å²) >= 11 is 6.09. The second-order valence-electron chi connectivity index (χ2n) is 8.91. The van der Waals surface area contributed by atoms with E-state index in [0.29, 0.717) is 5.02 Å². The van der Waals surface area contributed by atoms with E-state index >= 15 is 0 Å². The molecule has 0 bridgehead atoms. The van der Waals surface area contributed by atoms with E-state index in [-0.39, 0.29) is 6.04 Å². The first-order chi connectivity index (χ1) is 16.1. The molecule has 1 unspecified atom stereocenters. The predicted molar refractivity (Wildman–Crippen MR) is 134 cm³/mol. The summed E-state index contributed by atoms with van der Waals surface area (Å²) in [7, 11) is 0. The van der Waals surface area contributed by atoms with Gasteiger partial charge in [0.05, 0.1) is 6.04 Å². The molecule has 0 aliphatic carbocycles. The van der Waals surface area contributed by atoms with Crippen LogP contribution in [0.1, 0.15) is 36.7 Å². The van der Waals surface area contributed by atoms with Gasteiger partial charge in [-0.15, -0.1) is 0 Å². The van der Waals surface area contributed by atoms with Gasteiger partial charge < -0.3 is 20.3 Å². The lowest BCUT2D eigenvalue weighted by atomic mass is 9.94. The van der Waals surface area contributed by atoms with E-state index in [1.807, 2.05) is 55.6 Å². The number of hydrogen-bond acceptors (Lipinski definition) is 6. The van der Waals surface area contributed by atoms with Crippen molar-refractivity contribution in [1.29, 1.82) is 0 Å². The van der Waals surface area contributed by atoms with E-state index in [1.165, 1.54) is 18.4 Å². The highest BCUT2D eigenvalue weighted by Crippen LogP contribution is 2.36. The Kier molecular flexibility index (Phi) is 6.65. The lowest BCUT2D eigenvalue weighted by Gasteiger charge is -2.38. The highest BCUT2D eigenvalue weighted by molar-refractivity contribution is 6.30. The van der Waals surface area contributed by atoms with Crippen molar-refractivity contribution in [2.24, 2.45) is 5.92 Å². The maximum atomic E-state index is 6.09. The molecule has 0 spiro atoms. The summed E-state index contributed by atoms with van der Waals surface area (Å²) < 4.78 is 6.01. The molecule has 0 amide bonds. The van der Waals surface area contributed by atoms with E-state index in [0.717, 1.165) is 67.3 Å². The van der Waals surface area contributed by atoms with Crippen LogP contribution in [-0.4, -0.2) is 36.1 Å². The van der Waals surface area contributed by atoms with Gasteiger partial charge in [0.1, 0.15) is 23.1 Å². The smallest absolute Gasteiger partial charge is 0.137 e. The summed E-state index contributed by atoms with van der Waals surface area (Å²) in [6.07, 6.45) is 5.47. The Morgan fingerprint density at radius 2 is 1.88 bits per heavy atom. The van der Waals surface area contributed by atoms with Crippen LogP contribution in [0.5, 0.6) is 11.5 Å². The van der Waals surface area contributed by atoms with Gasteiger partial charge in [0.2, 0.25) is 0 Å². The third kappa shape index (κ3) is 5.40. The first-order valence-corrected chi connectivity index (χ1v) is 12.1. The molecule has 0 radical (unpaired) electrons. The molecule has 0 saturated carbocycles. The van der Waals surface area contributed by atoms with Crippen molar-refractivity contribution in [2.45, 2.75) is 32.2 Å². The van der Waals surface area contributed by atoms with Crippen molar-refractivity contribution in [1.82, 2.24) is 15.3 Å². The second-order valence-corrected chi connectivity index (χ2v) is 9.34. The van der Waals surface area contributed by atoms with Gasteiger partial charge in [-0.2, -0.15) is 0 Å². The Labute approximate surface area is 200 Å². The monoisotopic (exact) mass is 463 g/mol. The molecule has 1 saturated heterocycles. The molecule has 6 nitrogen and oxygen atoms in total. The Hall–Kier alpha value is -2.83. The molecule has 5 rings (SSSR count). The van der Waals surface area contributed by atoms with Crippen molar-refractivity contribution >= 4 is 23.1 Å². The van der Waals surface area contributed by atoms with Gasteiger partial charge in [0, 0.05) is 41.6 Å². The fourth-order valence-corrected chi connectivity index (χ4v) is 4.91. The van der Waals surface area contributed by atoms with Crippen molar-refractivity contribution in [2.75, 3.05) is 36.4 Å². The molecule has 2 aliphatic heterocycles. The average Bonchev–Trinajstić information content (AvgIpc) is 2.81. The lowest BCUT2D eigenvalue weighted by Crippen LogP contribution is -2.40. The van der Waals surface area contributed by atoms with Crippen LogP contribution < -0.4 is 20.3 Å². The summed E-state index contributed by atoms with van der Waals surface area (Å²) in [6, 6.07) is 15.6. The maximum absolute atomic E-state index is 6.09. The van der Waals surface area contributed by atoms with E-state index in [2.05, 4.69) is 26.6 Å². The number of halogens is 1. The normalized spacial score (nSPS) is 18.6. The lowest BCUT2D eigenvalue weighted by molar-refractivity contribution is 0.368. The zero-order valence-corrected chi connectivity index (χ0v) is 19.7. The number of aryl methyl sites for hydroxylation is 1. The molecule has 2 N–H and O–H groups in total. The molecule has 2 aliphatic rings. The van der Waals surface area contributed by atoms with E-state index < -0.39 is 0 Å². The topological polar surface area (TPSA) is 62.3 Å². The second kappa shape index (κ2) is 9.98. The summed E-state index contributed by atoms with van der Waals surface area (Å²) in [5.41, 5.74) is 2.18. The van der Waals surface area contributed by atoms with Crippen LogP contribution in [0.3, 0.4) is 0 Å². The first kappa shape index (κ1) is 22.0. The molecule has 33 heavy (non-hydrogen) atoms. The number of piperidine rings is 1. The highest BCUT2D eigenvalue weighted by atomic mass is 35.5. The zero-order valence-electron chi connectivity index (χ0n) is 18.9. The van der Waals surface area contributed by atoms with Crippen LogP contribution in [0.15, 0.2) is 54.7 Å². The molecule has 3 aromatic rings. The molecular weight excluding hydrogens is 434 g/mol. The number of nitrogens with zero attached hydrogens (tertiary/aromatic N) is 3. The summed E-state index contributed by atoms with van der Waals surface area (Å²) in [5.74, 6) is 4.11. The molecular formula is C26H30ClN5O. The third-order valence-corrected chi connectivity index (χ3v) is 6.66. The van der Waals surface area contributed by atoms with Gasteiger partial charge in [-0.05, 0) is 75.5 Å². The number of nitrogens with one attached hydrogen (secondary N) is 2. The Bertz CT molecular complexity index is 1100. The van der Waals surface area contributed by atoms with Crippen LogP contribution in [0.2, 0.25) is 5.02 Å². The fraction of sp³-hybridized carbons (Fsp3) is 0.385. The zero-order chi connectivity index (χ0) is 22.6. The molecule has 2 aromatic carbocycles. The molecule has 1 aromatic heterocycles. The SMILES string of the molecule is Cc1ncc2c(n1)N(CC1CCNCC1)CCC2Nc1cccc(Oc2cccc(Cl)c2)c1. The minimum atomic E-state index is 0.159. The quantitative estimate of drug-likeness (QED) is 0.496. The van der Waals surface area contributed by atoms with E-state index in [1.54, 1.807) is 0 Å². The van der Waals surface area contributed by atoms with Gasteiger partial charge in [-0.3, -0.25) is 0 Å². The summed E-state index contributed by atoms with van der Waals surface area (Å²) in [6.45, 7) is 6.26. The van der Waals surface area contributed by atoms with Crippen molar-refractivity contribution in [3.63, 3.8) is 0 Å². The van der Waals surface area contributed by atoms with Gasteiger partial charge >= 0.3 is 0 Å². The van der Waals surface area contributed by atoms with Crippen molar-refractivity contribution in [3.8, 4) is 11.5 Å².